The molecule has 0 aromatic heterocycles. The van der Waals surface area contributed by atoms with Crippen molar-refractivity contribution in [2.45, 2.75) is 19.2 Å². The second-order valence-electron chi connectivity index (χ2n) is 6.51. The van der Waals surface area contributed by atoms with Gasteiger partial charge in [0.25, 0.3) is 5.91 Å². The summed E-state index contributed by atoms with van der Waals surface area (Å²) in [5, 5.41) is 4.11. The lowest BCUT2D eigenvalue weighted by atomic mass is 10.0. The molecular formula is C23H18F3NO3. The number of benzene rings is 3. The van der Waals surface area contributed by atoms with E-state index in [0.717, 1.165) is 28.5 Å². The molecule has 4 nitrogen and oxygen atoms in total. The van der Waals surface area contributed by atoms with Gasteiger partial charge in [0.05, 0.1) is 11.3 Å². The Morgan fingerprint density at radius 3 is 2.40 bits per heavy atom. The number of nitrogens with one attached hydrogen (secondary N) is 1. The van der Waals surface area contributed by atoms with Crippen LogP contribution in [0.25, 0.3) is 16.8 Å². The minimum absolute atomic E-state index is 0.399. The van der Waals surface area contributed by atoms with Gasteiger partial charge in [0.15, 0.2) is 6.10 Å². The molecule has 0 aliphatic heterocycles. The lowest BCUT2D eigenvalue weighted by Gasteiger charge is -2.16. The minimum Gasteiger partial charge on any atom is -0.449 e. The maximum absolute atomic E-state index is 13.0. The SMILES string of the molecule is CC(OC(=O)/C=C/c1cccc2ccccc12)C(=O)Nc1ccccc1C(F)(F)F. The molecule has 3 rings (SSSR count). The first-order chi connectivity index (χ1) is 14.3. The number of ether oxygens (including phenoxy) is 1. The third-order valence-electron chi connectivity index (χ3n) is 4.37. The summed E-state index contributed by atoms with van der Waals surface area (Å²) in [6.07, 6.45) is -3.16. The van der Waals surface area contributed by atoms with Gasteiger partial charge in [-0.3, -0.25) is 4.79 Å². The zero-order valence-electron chi connectivity index (χ0n) is 15.9. The van der Waals surface area contributed by atoms with Gasteiger partial charge >= 0.3 is 12.1 Å². The number of fused-ring (bicyclic) bond motifs is 1. The van der Waals surface area contributed by atoms with Crippen molar-refractivity contribution in [3.63, 3.8) is 0 Å². The molecule has 0 saturated carbocycles. The van der Waals surface area contributed by atoms with Gasteiger partial charge in [0, 0.05) is 6.08 Å². The maximum Gasteiger partial charge on any atom is 0.418 e. The van der Waals surface area contributed by atoms with Crippen LogP contribution in [0.15, 0.2) is 72.8 Å². The average molecular weight is 413 g/mol. The van der Waals surface area contributed by atoms with Gasteiger partial charge in [-0.05, 0) is 41.5 Å². The maximum atomic E-state index is 13.0. The van der Waals surface area contributed by atoms with E-state index in [1.165, 1.54) is 25.1 Å². The van der Waals surface area contributed by atoms with Gasteiger partial charge in [0.2, 0.25) is 0 Å². The molecule has 154 valence electrons. The number of carbonyl (C=O) groups excluding carboxylic acids is 2. The normalized spacial score (nSPS) is 12.7. The van der Waals surface area contributed by atoms with Crippen LogP contribution in [0.5, 0.6) is 0 Å². The summed E-state index contributed by atoms with van der Waals surface area (Å²) in [6, 6.07) is 17.8. The first-order valence-corrected chi connectivity index (χ1v) is 9.09. The molecule has 3 aromatic carbocycles. The molecule has 1 atom stereocenters. The van der Waals surface area contributed by atoms with Crippen molar-refractivity contribution < 1.29 is 27.5 Å². The second-order valence-corrected chi connectivity index (χ2v) is 6.51. The Bertz CT molecular complexity index is 1100. The van der Waals surface area contributed by atoms with Crippen molar-refractivity contribution in [2.75, 3.05) is 5.32 Å². The van der Waals surface area contributed by atoms with Gasteiger partial charge in [-0.2, -0.15) is 13.2 Å². The number of anilines is 1. The molecule has 1 unspecified atom stereocenters. The molecule has 0 saturated heterocycles. The summed E-state index contributed by atoms with van der Waals surface area (Å²) >= 11 is 0. The number of carbonyl (C=O) groups is 2. The molecule has 0 radical (unpaired) electrons. The average Bonchev–Trinajstić information content (AvgIpc) is 2.71. The number of para-hydroxylation sites is 1. The van der Waals surface area contributed by atoms with E-state index in [9.17, 15) is 22.8 Å². The number of alkyl halides is 3. The van der Waals surface area contributed by atoms with Crippen molar-refractivity contribution in [2.24, 2.45) is 0 Å². The second kappa shape index (κ2) is 8.82. The van der Waals surface area contributed by atoms with E-state index in [1.54, 1.807) is 6.08 Å². The third kappa shape index (κ3) is 5.05. The number of amides is 1. The Morgan fingerprint density at radius 1 is 0.967 bits per heavy atom. The number of halogens is 3. The van der Waals surface area contributed by atoms with Gasteiger partial charge in [-0.25, -0.2) is 4.79 Å². The highest BCUT2D eigenvalue weighted by molar-refractivity contribution is 5.98. The molecule has 0 heterocycles. The van der Waals surface area contributed by atoms with Gasteiger partial charge < -0.3 is 10.1 Å². The molecular weight excluding hydrogens is 395 g/mol. The highest BCUT2D eigenvalue weighted by Crippen LogP contribution is 2.34. The first-order valence-electron chi connectivity index (χ1n) is 9.09. The van der Waals surface area contributed by atoms with E-state index in [4.69, 9.17) is 4.74 Å². The van der Waals surface area contributed by atoms with E-state index in [-0.39, 0.29) is 0 Å². The summed E-state index contributed by atoms with van der Waals surface area (Å²) in [7, 11) is 0. The number of hydrogen-bond donors (Lipinski definition) is 1. The Hall–Kier alpha value is -3.61. The van der Waals surface area contributed by atoms with Crippen molar-refractivity contribution in [1.82, 2.24) is 0 Å². The minimum atomic E-state index is -4.62. The van der Waals surface area contributed by atoms with Gasteiger partial charge in [0.1, 0.15) is 0 Å². The largest absolute Gasteiger partial charge is 0.449 e. The zero-order valence-corrected chi connectivity index (χ0v) is 15.9. The van der Waals surface area contributed by atoms with Crippen LogP contribution in [0.2, 0.25) is 0 Å². The molecule has 1 N–H and O–H groups in total. The van der Waals surface area contributed by atoms with Crippen molar-refractivity contribution >= 4 is 34.4 Å². The lowest BCUT2D eigenvalue weighted by molar-refractivity contribution is -0.148. The summed E-state index contributed by atoms with van der Waals surface area (Å²) < 4.78 is 44.1. The molecule has 0 aliphatic carbocycles. The van der Waals surface area contributed by atoms with Crippen LogP contribution >= 0.6 is 0 Å². The van der Waals surface area contributed by atoms with Crippen LogP contribution in [0.1, 0.15) is 18.1 Å². The first kappa shape index (κ1) is 21.1. The predicted octanol–water partition coefficient (Wildman–Crippen LogP) is 5.44. The Balaban J connectivity index is 1.66. The fourth-order valence-electron chi connectivity index (χ4n) is 2.89. The summed E-state index contributed by atoms with van der Waals surface area (Å²) in [4.78, 5) is 24.3. The third-order valence-corrected chi connectivity index (χ3v) is 4.37. The topological polar surface area (TPSA) is 55.4 Å². The van der Waals surface area contributed by atoms with Crippen molar-refractivity contribution in [3.05, 3.63) is 83.9 Å². The molecule has 7 heteroatoms. The van der Waals surface area contributed by atoms with E-state index in [1.807, 2.05) is 42.5 Å². The summed E-state index contributed by atoms with van der Waals surface area (Å²) in [6.45, 7) is 1.29. The summed E-state index contributed by atoms with van der Waals surface area (Å²) in [5.41, 5.74) is -0.585. The number of hydrogen-bond acceptors (Lipinski definition) is 3. The molecule has 0 fully saturated rings. The van der Waals surface area contributed by atoms with E-state index >= 15 is 0 Å². The molecule has 30 heavy (non-hydrogen) atoms. The number of rotatable bonds is 5. The molecule has 0 aliphatic rings. The van der Waals surface area contributed by atoms with Crippen LogP contribution in [-0.4, -0.2) is 18.0 Å². The van der Waals surface area contributed by atoms with Crippen LogP contribution in [-0.2, 0) is 20.5 Å². The molecule has 3 aromatic rings. The van der Waals surface area contributed by atoms with Crippen LogP contribution in [0.4, 0.5) is 18.9 Å². The van der Waals surface area contributed by atoms with E-state index < -0.39 is 35.4 Å². The van der Waals surface area contributed by atoms with Crippen molar-refractivity contribution in [3.8, 4) is 0 Å². The smallest absolute Gasteiger partial charge is 0.418 e. The van der Waals surface area contributed by atoms with Crippen molar-refractivity contribution in [1.29, 1.82) is 0 Å². The van der Waals surface area contributed by atoms with E-state index in [0.29, 0.717) is 0 Å². The van der Waals surface area contributed by atoms with Crippen LogP contribution in [0.3, 0.4) is 0 Å². The fourth-order valence-corrected chi connectivity index (χ4v) is 2.89. The Kier molecular flexibility index (Phi) is 6.20. The summed E-state index contributed by atoms with van der Waals surface area (Å²) in [5.74, 6) is -1.65. The highest BCUT2D eigenvalue weighted by Gasteiger charge is 2.34. The van der Waals surface area contributed by atoms with Crippen LogP contribution < -0.4 is 5.32 Å². The Morgan fingerprint density at radius 2 is 1.63 bits per heavy atom. The quantitative estimate of drug-likeness (QED) is 0.448. The molecule has 1 amide bonds. The van der Waals surface area contributed by atoms with Crippen LogP contribution in [0, 0.1) is 0 Å². The monoisotopic (exact) mass is 413 g/mol. The lowest BCUT2D eigenvalue weighted by Crippen LogP contribution is -2.30. The van der Waals surface area contributed by atoms with Gasteiger partial charge in [-0.15, -0.1) is 0 Å². The number of esters is 1. The molecule has 0 bridgehead atoms. The predicted molar refractivity (Wildman–Crippen MR) is 109 cm³/mol. The van der Waals surface area contributed by atoms with Gasteiger partial charge in [-0.1, -0.05) is 54.6 Å². The Labute approximate surface area is 171 Å². The van der Waals surface area contributed by atoms with E-state index in [2.05, 4.69) is 5.32 Å². The molecule has 0 spiro atoms. The zero-order chi connectivity index (χ0) is 21.7. The highest BCUT2D eigenvalue weighted by atomic mass is 19.4. The fraction of sp³-hybridized carbons (Fsp3) is 0.130. The standard InChI is InChI=1S/C23H18F3NO3/c1-15(22(29)27-20-12-5-4-11-19(20)23(24,25)26)30-21(28)14-13-17-9-6-8-16-7-2-3-10-18(16)17/h2-15H,1H3,(H,27,29)/b14-13+.